The molecule has 0 spiro atoms. The number of anilines is 1. The molecule has 5 amide bonds. The summed E-state index contributed by atoms with van der Waals surface area (Å²) in [6.07, 6.45) is 9.46. The van der Waals surface area contributed by atoms with E-state index in [-0.39, 0.29) is 65.4 Å². The van der Waals surface area contributed by atoms with E-state index in [0.29, 0.717) is 61.3 Å². The topological polar surface area (TPSA) is 203 Å². The molecule has 5 heterocycles. The predicted molar refractivity (Wildman–Crippen MR) is 219 cm³/mol. The molecule has 314 valence electrons. The highest BCUT2D eigenvalue weighted by molar-refractivity contribution is 6.42. The second-order valence-corrected chi connectivity index (χ2v) is 17.1. The maximum absolute atomic E-state index is 15.7. The number of nitriles is 1. The number of ether oxygens (including phenoxy) is 1. The van der Waals surface area contributed by atoms with E-state index in [1.807, 2.05) is 15.9 Å². The minimum Gasteiger partial charge on any atom is -0.490 e. The van der Waals surface area contributed by atoms with Gasteiger partial charge in [-0.3, -0.25) is 49.9 Å². The average Bonchev–Trinajstić information content (AvgIpc) is 3.60. The van der Waals surface area contributed by atoms with Crippen LogP contribution >= 0.6 is 11.6 Å². The number of imide groups is 2. The van der Waals surface area contributed by atoms with Crippen LogP contribution in [0.5, 0.6) is 5.75 Å². The van der Waals surface area contributed by atoms with Crippen molar-refractivity contribution < 1.29 is 33.1 Å². The van der Waals surface area contributed by atoms with Crippen LogP contribution < -0.4 is 20.3 Å². The van der Waals surface area contributed by atoms with Gasteiger partial charge in [0.05, 0.1) is 33.5 Å². The van der Waals surface area contributed by atoms with Gasteiger partial charge in [-0.25, -0.2) is 4.39 Å². The molecular weight excluding hydrogens is 793 g/mol. The van der Waals surface area contributed by atoms with Crippen LogP contribution in [0.3, 0.4) is 0 Å². The van der Waals surface area contributed by atoms with Crippen molar-refractivity contribution in [1.82, 2.24) is 25.3 Å². The lowest BCUT2D eigenvalue weighted by Gasteiger charge is -2.44. The smallest absolute Gasteiger partial charge is 0.269 e. The number of amides is 5. The lowest BCUT2D eigenvalue weighted by Crippen LogP contribution is -2.55. The molecule has 1 saturated carbocycles. The van der Waals surface area contributed by atoms with Gasteiger partial charge in [0.25, 0.3) is 17.7 Å². The van der Waals surface area contributed by atoms with Crippen LogP contribution in [0.2, 0.25) is 5.02 Å². The van der Waals surface area contributed by atoms with Crippen molar-refractivity contribution in [2.45, 2.75) is 94.5 Å². The summed E-state index contributed by atoms with van der Waals surface area (Å²) in [5.74, 6) is -2.35. The number of fused-ring (bicyclic) bond motifs is 3. The van der Waals surface area contributed by atoms with E-state index in [1.165, 1.54) is 18.2 Å². The molecule has 60 heavy (non-hydrogen) atoms. The van der Waals surface area contributed by atoms with Crippen LogP contribution in [0.4, 0.5) is 10.1 Å². The van der Waals surface area contributed by atoms with Gasteiger partial charge < -0.3 is 19.9 Å². The van der Waals surface area contributed by atoms with E-state index in [4.69, 9.17) is 32.4 Å². The highest BCUT2D eigenvalue weighted by Gasteiger charge is 2.47. The Kier molecular flexibility index (Phi) is 11.7. The number of hydrogen-bond acceptors (Lipinski definition) is 11. The quantitative estimate of drug-likeness (QED) is 0.153. The summed E-state index contributed by atoms with van der Waals surface area (Å²) in [6.45, 7) is 3.41. The van der Waals surface area contributed by atoms with Gasteiger partial charge in [-0.15, -0.1) is 0 Å². The Hall–Kier alpha value is -5.66. The zero-order chi connectivity index (χ0) is 42.2. The Bertz CT molecular complexity index is 2200. The number of piperidine rings is 2. The lowest BCUT2D eigenvalue weighted by molar-refractivity contribution is -0.136. The number of piperazine rings is 1. The minimum absolute atomic E-state index is 0.00654. The van der Waals surface area contributed by atoms with E-state index in [0.717, 1.165) is 56.0 Å². The first-order valence-corrected chi connectivity index (χ1v) is 21.1. The van der Waals surface area contributed by atoms with Crippen molar-refractivity contribution in [3.05, 3.63) is 70.0 Å². The first-order chi connectivity index (χ1) is 28.9. The SMILES string of the molecule is N#Cc1ccc(OC2CCC(NC(=O)C(=N)/C=C\C(=N)N3CCC(CN4C5CCC4CN(c4cc6c(cc4F)C(=O)N(C4CCC(=O)NC4=O)C6=O)C5)CC3)CC2)cc1Cl. The minimum atomic E-state index is -1.11. The Labute approximate surface area is 351 Å². The molecule has 1 aliphatic carbocycles. The van der Waals surface area contributed by atoms with Crippen LogP contribution in [0, 0.1) is 33.9 Å². The number of halogens is 2. The molecule has 15 nitrogen and oxygen atoms in total. The van der Waals surface area contributed by atoms with Crippen molar-refractivity contribution in [1.29, 1.82) is 16.1 Å². The van der Waals surface area contributed by atoms with E-state index in [1.54, 1.807) is 18.2 Å². The van der Waals surface area contributed by atoms with Gasteiger partial charge in [-0.2, -0.15) is 5.26 Å². The van der Waals surface area contributed by atoms with Gasteiger partial charge in [0.2, 0.25) is 11.8 Å². The van der Waals surface area contributed by atoms with Gasteiger partial charge in [0, 0.05) is 63.3 Å². The molecule has 17 heteroatoms. The standard InChI is InChI=1S/C43H47ClFN9O6/c44-33-17-30(6-1-25(33)20-46)60-29-7-2-26(3-8-29)49-40(56)35(47)9-11-38(48)51-15-13-24(14-16-51)21-53-27-4-5-28(53)23-52(22-27)37-19-32-31(18-34(37)45)42(58)54(43(32)59)36-10-12-39(55)50-41(36)57/h1,6,9,11,17-19,24,26-29,36,47-48H,2-5,7-8,10,12-16,21-23H2,(H,49,56)(H,50,55,57)/b11-9-,47-35?,48-38?. The molecule has 0 radical (unpaired) electrons. The van der Waals surface area contributed by atoms with Gasteiger partial charge in [-0.05, 0) is 100 Å². The number of carbonyl (C=O) groups is 5. The highest BCUT2D eigenvalue weighted by Crippen LogP contribution is 2.38. The average molecular weight is 840 g/mol. The zero-order valence-electron chi connectivity index (χ0n) is 33.1. The molecule has 4 saturated heterocycles. The summed E-state index contributed by atoms with van der Waals surface area (Å²) in [4.78, 5) is 70.9. The largest absolute Gasteiger partial charge is 0.490 e. The monoisotopic (exact) mass is 839 g/mol. The predicted octanol–water partition coefficient (Wildman–Crippen LogP) is 4.18. The van der Waals surface area contributed by atoms with Gasteiger partial charge in [-0.1, -0.05) is 11.6 Å². The van der Waals surface area contributed by atoms with Gasteiger partial charge in [0.1, 0.15) is 35.2 Å². The third kappa shape index (κ3) is 8.38. The summed E-state index contributed by atoms with van der Waals surface area (Å²) >= 11 is 6.13. The van der Waals surface area contributed by atoms with Crippen molar-refractivity contribution in [3.63, 3.8) is 0 Å². The second-order valence-electron chi connectivity index (χ2n) is 16.7. The summed E-state index contributed by atoms with van der Waals surface area (Å²) in [6, 6.07) is 8.77. The number of amidine groups is 1. The molecule has 2 aromatic carbocycles. The normalized spacial score (nSPS) is 25.9. The molecule has 3 unspecified atom stereocenters. The van der Waals surface area contributed by atoms with Crippen molar-refractivity contribution in [2.24, 2.45) is 5.92 Å². The number of nitrogens with zero attached hydrogens (tertiary/aromatic N) is 5. The third-order valence-electron chi connectivity index (χ3n) is 12.9. The molecule has 2 bridgehead atoms. The third-order valence-corrected chi connectivity index (χ3v) is 13.2. The number of nitrogens with one attached hydrogen (secondary N) is 4. The van der Waals surface area contributed by atoms with E-state index >= 15 is 4.39 Å². The van der Waals surface area contributed by atoms with E-state index in [2.05, 4.69) is 15.5 Å². The van der Waals surface area contributed by atoms with Gasteiger partial charge in [0.15, 0.2) is 0 Å². The Morgan fingerprint density at radius 2 is 1.62 bits per heavy atom. The fourth-order valence-electron chi connectivity index (χ4n) is 9.64. The summed E-state index contributed by atoms with van der Waals surface area (Å²) in [7, 11) is 0. The second kappa shape index (κ2) is 17.1. The fraction of sp³-hybridized carbons (Fsp3) is 0.488. The lowest BCUT2D eigenvalue weighted by atomic mass is 9.92. The first kappa shape index (κ1) is 41.1. The number of carbonyl (C=O) groups excluding carboxylic acids is 5. The fourth-order valence-corrected chi connectivity index (χ4v) is 9.86. The number of likely N-dealkylation sites (tertiary alicyclic amines) is 1. The van der Waals surface area contributed by atoms with Crippen molar-refractivity contribution in [3.8, 4) is 11.8 Å². The Morgan fingerprint density at radius 3 is 2.27 bits per heavy atom. The summed E-state index contributed by atoms with van der Waals surface area (Å²) in [5.41, 5.74) is 0.446. The zero-order valence-corrected chi connectivity index (χ0v) is 33.8. The number of hydrogen-bond donors (Lipinski definition) is 4. The van der Waals surface area contributed by atoms with Crippen LogP contribution in [0.25, 0.3) is 0 Å². The molecule has 5 fully saturated rings. The molecule has 6 aliphatic rings. The molecule has 5 aliphatic heterocycles. The van der Waals surface area contributed by atoms with Crippen molar-refractivity contribution >= 4 is 58.4 Å². The molecule has 3 atom stereocenters. The summed E-state index contributed by atoms with van der Waals surface area (Å²) < 4.78 is 21.7. The van der Waals surface area contributed by atoms with Crippen LogP contribution in [-0.4, -0.2) is 119 Å². The maximum Gasteiger partial charge on any atom is 0.269 e. The van der Waals surface area contributed by atoms with Crippen molar-refractivity contribution in [2.75, 3.05) is 37.6 Å². The maximum atomic E-state index is 15.7. The Balaban J connectivity index is 0.774. The molecule has 8 rings (SSSR count). The molecule has 4 N–H and O–H groups in total. The summed E-state index contributed by atoms with van der Waals surface area (Å²) in [5, 5.41) is 31.5. The first-order valence-electron chi connectivity index (χ1n) is 20.7. The Morgan fingerprint density at radius 1 is 0.933 bits per heavy atom. The van der Waals surface area contributed by atoms with E-state index in [9.17, 15) is 24.0 Å². The molecule has 0 aromatic heterocycles. The van der Waals surface area contributed by atoms with Crippen LogP contribution in [0.1, 0.15) is 90.5 Å². The van der Waals surface area contributed by atoms with Gasteiger partial charge >= 0.3 is 0 Å². The molecular formula is C43H47ClFN9O6. The van der Waals surface area contributed by atoms with E-state index < -0.39 is 41.4 Å². The van der Waals surface area contributed by atoms with Crippen LogP contribution in [0.15, 0.2) is 42.5 Å². The number of rotatable bonds is 10. The highest BCUT2D eigenvalue weighted by atomic mass is 35.5. The van der Waals surface area contributed by atoms with Crippen LogP contribution in [-0.2, 0) is 14.4 Å². The number of benzene rings is 2. The molecule has 2 aromatic rings.